The normalized spacial score (nSPS) is 15.2. The summed E-state index contributed by atoms with van der Waals surface area (Å²) in [6.45, 7) is 1.89. The van der Waals surface area contributed by atoms with Crippen molar-refractivity contribution in [1.82, 2.24) is 9.47 Å². The minimum atomic E-state index is -0.452. The van der Waals surface area contributed by atoms with E-state index in [0.29, 0.717) is 35.0 Å². The van der Waals surface area contributed by atoms with E-state index in [2.05, 4.69) is 24.3 Å². The van der Waals surface area contributed by atoms with E-state index in [1.165, 1.54) is 10.1 Å². The molecule has 1 fully saturated rings. The molecule has 3 aromatic rings. The van der Waals surface area contributed by atoms with Gasteiger partial charge in [-0.15, -0.1) is 0 Å². The molecule has 2 heterocycles. The summed E-state index contributed by atoms with van der Waals surface area (Å²) in [6.07, 6.45) is 3.41. The number of hydrogen-bond acceptors (Lipinski definition) is 3. The third-order valence-corrected chi connectivity index (χ3v) is 5.75. The molecule has 5 nitrogen and oxygen atoms in total. The molecule has 6 heteroatoms. The number of fused-ring (bicyclic) bond motifs is 1. The predicted octanol–water partition coefficient (Wildman–Crippen LogP) is 4.12. The van der Waals surface area contributed by atoms with Crippen molar-refractivity contribution in [3.63, 3.8) is 0 Å². The molecule has 2 aromatic carbocycles. The molecule has 4 rings (SSSR count). The Bertz CT molecular complexity index is 1020. The van der Waals surface area contributed by atoms with Crippen molar-refractivity contribution in [2.24, 2.45) is 5.92 Å². The molecule has 0 saturated carbocycles. The number of benzene rings is 2. The van der Waals surface area contributed by atoms with E-state index in [1.807, 2.05) is 11.0 Å². The minimum Gasteiger partial charge on any atom is -0.408 e. The van der Waals surface area contributed by atoms with Crippen molar-refractivity contribution >= 4 is 28.6 Å². The molecule has 0 bridgehead atoms. The first-order valence-corrected chi connectivity index (χ1v) is 10.1. The summed E-state index contributed by atoms with van der Waals surface area (Å²) in [7, 11) is 0. The maximum atomic E-state index is 12.6. The number of aryl methyl sites for hydroxylation is 1. The number of piperidine rings is 1. The van der Waals surface area contributed by atoms with Crippen molar-refractivity contribution in [2.45, 2.75) is 32.2 Å². The molecule has 1 saturated heterocycles. The van der Waals surface area contributed by atoms with Gasteiger partial charge in [0.25, 0.3) is 0 Å². The first-order valence-electron chi connectivity index (χ1n) is 9.71. The standard InChI is InChI=1S/C22H23ClN2O3/c23-18-6-7-19-20(15-18)28-22(27)25(19)13-10-21(26)24-11-8-17(9-12-24)14-16-4-2-1-3-5-16/h1-7,15,17H,8-14H2. The fraction of sp³-hybridized carbons (Fsp3) is 0.364. The summed E-state index contributed by atoms with van der Waals surface area (Å²) in [4.78, 5) is 26.6. The number of rotatable bonds is 5. The Morgan fingerprint density at radius 2 is 1.86 bits per heavy atom. The van der Waals surface area contributed by atoms with Crippen molar-refractivity contribution in [3.8, 4) is 0 Å². The lowest BCUT2D eigenvalue weighted by molar-refractivity contribution is -0.132. The van der Waals surface area contributed by atoms with Crippen LogP contribution in [0, 0.1) is 5.92 Å². The first-order chi connectivity index (χ1) is 13.6. The van der Waals surface area contributed by atoms with Gasteiger partial charge in [0, 0.05) is 37.1 Å². The summed E-state index contributed by atoms with van der Waals surface area (Å²) in [5, 5.41) is 0.517. The Labute approximate surface area is 168 Å². The highest BCUT2D eigenvalue weighted by molar-refractivity contribution is 6.31. The zero-order valence-corrected chi connectivity index (χ0v) is 16.4. The molecule has 1 amide bonds. The molecule has 1 aromatic heterocycles. The van der Waals surface area contributed by atoms with Crippen LogP contribution in [0.4, 0.5) is 0 Å². The molecule has 146 valence electrons. The fourth-order valence-corrected chi connectivity index (χ4v) is 4.11. The molecule has 0 spiro atoms. The maximum Gasteiger partial charge on any atom is 0.419 e. The van der Waals surface area contributed by atoms with Crippen LogP contribution in [0.25, 0.3) is 11.1 Å². The number of likely N-dealkylation sites (tertiary alicyclic amines) is 1. The second-order valence-electron chi connectivity index (χ2n) is 7.40. The van der Waals surface area contributed by atoms with Crippen LogP contribution < -0.4 is 5.76 Å². The van der Waals surface area contributed by atoms with Crippen LogP contribution in [0.2, 0.25) is 5.02 Å². The average molecular weight is 399 g/mol. The fourth-order valence-electron chi connectivity index (χ4n) is 3.95. The van der Waals surface area contributed by atoms with Crippen molar-refractivity contribution in [1.29, 1.82) is 0 Å². The highest BCUT2D eigenvalue weighted by atomic mass is 35.5. The van der Waals surface area contributed by atoms with E-state index in [4.69, 9.17) is 16.0 Å². The van der Waals surface area contributed by atoms with Gasteiger partial charge >= 0.3 is 5.76 Å². The van der Waals surface area contributed by atoms with Gasteiger partial charge in [-0.2, -0.15) is 0 Å². The molecule has 28 heavy (non-hydrogen) atoms. The number of aromatic nitrogens is 1. The Balaban J connectivity index is 1.32. The maximum absolute atomic E-state index is 12.6. The van der Waals surface area contributed by atoms with Gasteiger partial charge in [0.05, 0.1) is 5.52 Å². The summed E-state index contributed by atoms with van der Waals surface area (Å²) in [5.74, 6) is 0.261. The van der Waals surface area contributed by atoms with Gasteiger partial charge in [0.15, 0.2) is 5.58 Å². The summed E-state index contributed by atoms with van der Waals surface area (Å²) in [6, 6.07) is 15.6. The highest BCUT2D eigenvalue weighted by Crippen LogP contribution is 2.23. The lowest BCUT2D eigenvalue weighted by Crippen LogP contribution is -2.39. The Kier molecular flexibility index (Phi) is 5.53. The lowest BCUT2D eigenvalue weighted by atomic mass is 9.90. The monoisotopic (exact) mass is 398 g/mol. The van der Waals surface area contributed by atoms with Gasteiger partial charge in [-0.05, 0) is 42.9 Å². The number of halogens is 1. The van der Waals surface area contributed by atoms with Crippen LogP contribution in [-0.4, -0.2) is 28.5 Å². The zero-order chi connectivity index (χ0) is 19.5. The van der Waals surface area contributed by atoms with Gasteiger partial charge in [-0.3, -0.25) is 9.36 Å². The van der Waals surface area contributed by atoms with Gasteiger partial charge in [0.1, 0.15) is 0 Å². The third kappa shape index (κ3) is 4.14. The van der Waals surface area contributed by atoms with Gasteiger partial charge in [0.2, 0.25) is 5.91 Å². The second kappa shape index (κ2) is 8.23. The molecular formula is C22H23ClN2O3. The molecule has 0 N–H and O–H groups in total. The molecule has 0 aliphatic carbocycles. The van der Waals surface area contributed by atoms with Crippen LogP contribution in [0.5, 0.6) is 0 Å². The molecule has 0 unspecified atom stereocenters. The SMILES string of the molecule is O=C(CCn1c(=O)oc2cc(Cl)ccc21)N1CCC(Cc2ccccc2)CC1. The van der Waals surface area contributed by atoms with Gasteiger partial charge in [-0.1, -0.05) is 41.9 Å². The van der Waals surface area contributed by atoms with Crippen molar-refractivity contribution < 1.29 is 9.21 Å². The molecule has 1 aliphatic rings. The summed E-state index contributed by atoms with van der Waals surface area (Å²) < 4.78 is 6.73. The van der Waals surface area contributed by atoms with Crippen molar-refractivity contribution in [2.75, 3.05) is 13.1 Å². The highest BCUT2D eigenvalue weighted by Gasteiger charge is 2.23. The topological polar surface area (TPSA) is 55.5 Å². The predicted molar refractivity (Wildman–Crippen MR) is 110 cm³/mol. The van der Waals surface area contributed by atoms with Crippen molar-refractivity contribution in [3.05, 3.63) is 69.7 Å². The van der Waals surface area contributed by atoms with E-state index >= 15 is 0 Å². The lowest BCUT2D eigenvalue weighted by Gasteiger charge is -2.32. The summed E-state index contributed by atoms with van der Waals surface area (Å²) >= 11 is 5.94. The van der Waals surface area contributed by atoms with Crippen LogP contribution in [0.1, 0.15) is 24.8 Å². The first kappa shape index (κ1) is 18.8. The number of carbonyl (C=O) groups is 1. The second-order valence-corrected chi connectivity index (χ2v) is 7.83. The van der Waals surface area contributed by atoms with E-state index < -0.39 is 5.76 Å². The molecule has 1 aliphatic heterocycles. The Morgan fingerprint density at radius 1 is 1.11 bits per heavy atom. The molecular weight excluding hydrogens is 376 g/mol. The van der Waals surface area contributed by atoms with Gasteiger partial charge in [-0.25, -0.2) is 4.79 Å². The Morgan fingerprint density at radius 3 is 2.61 bits per heavy atom. The van der Waals surface area contributed by atoms with E-state index in [9.17, 15) is 9.59 Å². The zero-order valence-electron chi connectivity index (χ0n) is 15.6. The van der Waals surface area contributed by atoms with Crippen LogP contribution in [-0.2, 0) is 17.8 Å². The number of hydrogen-bond donors (Lipinski definition) is 0. The van der Waals surface area contributed by atoms with E-state index in [-0.39, 0.29) is 5.91 Å². The van der Waals surface area contributed by atoms with Crippen LogP contribution in [0.3, 0.4) is 0 Å². The quantitative estimate of drug-likeness (QED) is 0.649. The smallest absolute Gasteiger partial charge is 0.408 e. The Hall–Kier alpha value is -2.53. The molecule has 0 atom stereocenters. The van der Waals surface area contributed by atoms with Crippen LogP contribution in [0.15, 0.2) is 57.7 Å². The third-order valence-electron chi connectivity index (χ3n) is 5.51. The number of nitrogens with zero attached hydrogens (tertiary/aromatic N) is 2. The van der Waals surface area contributed by atoms with Crippen LogP contribution >= 0.6 is 11.6 Å². The van der Waals surface area contributed by atoms with Gasteiger partial charge < -0.3 is 9.32 Å². The molecule has 0 radical (unpaired) electrons. The minimum absolute atomic E-state index is 0.0911. The van der Waals surface area contributed by atoms with E-state index in [1.54, 1.807) is 18.2 Å². The summed E-state index contributed by atoms with van der Waals surface area (Å²) in [5.41, 5.74) is 2.48. The number of amides is 1. The number of oxazole rings is 1. The number of carbonyl (C=O) groups excluding carboxylic acids is 1. The average Bonchev–Trinajstić information content (AvgIpc) is 3.01. The largest absolute Gasteiger partial charge is 0.419 e. The van der Waals surface area contributed by atoms with E-state index in [0.717, 1.165) is 32.4 Å².